The van der Waals surface area contributed by atoms with Crippen LogP contribution in [0.1, 0.15) is 12.5 Å². The van der Waals surface area contributed by atoms with Crippen LogP contribution in [0.2, 0.25) is 0 Å². The second-order valence-electron chi connectivity index (χ2n) is 4.32. The summed E-state index contributed by atoms with van der Waals surface area (Å²) in [6, 6.07) is 5.40. The molecular formula is C13H17FN2. The summed E-state index contributed by atoms with van der Waals surface area (Å²) in [4.78, 5) is 0. The largest absolute Gasteiger partial charge is 0.350 e. The summed E-state index contributed by atoms with van der Waals surface area (Å²) in [6.45, 7) is 2.14. The monoisotopic (exact) mass is 220 g/mol. The lowest BCUT2D eigenvalue weighted by molar-refractivity contribution is 0.609. The third-order valence-corrected chi connectivity index (χ3v) is 3.05. The van der Waals surface area contributed by atoms with Gasteiger partial charge in [-0.1, -0.05) is 0 Å². The van der Waals surface area contributed by atoms with Gasteiger partial charge >= 0.3 is 0 Å². The van der Waals surface area contributed by atoms with Gasteiger partial charge in [0, 0.05) is 24.7 Å². The van der Waals surface area contributed by atoms with Gasteiger partial charge in [0.05, 0.1) is 5.52 Å². The van der Waals surface area contributed by atoms with Crippen LogP contribution in [0, 0.1) is 5.82 Å². The lowest BCUT2D eigenvalue weighted by Gasteiger charge is -2.08. The van der Waals surface area contributed by atoms with Gasteiger partial charge in [-0.3, -0.25) is 0 Å². The van der Waals surface area contributed by atoms with Crippen LogP contribution >= 0.6 is 0 Å². The lowest BCUT2D eigenvalue weighted by Crippen LogP contribution is -2.23. The smallest absolute Gasteiger partial charge is 0.125 e. The number of hydrogen-bond donors (Lipinski definition) is 1. The Balaban J connectivity index is 2.47. The Labute approximate surface area is 95.1 Å². The summed E-state index contributed by atoms with van der Waals surface area (Å²) in [7, 11) is 3.91. The number of nitrogens with one attached hydrogen (secondary N) is 1. The van der Waals surface area contributed by atoms with Crippen molar-refractivity contribution in [3.63, 3.8) is 0 Å². The molecule has 0 saturated heterocycles. The van der Waals surface area contributed by atoms with Gasteiger partial charge in [0.25, 0.3) is 0 Å². The molecule has 86 valence electrons. The molecule has 1 atom stereocenters. The molecule has 0 bridgehead atoms. The van der Waals surface area contributed by atoms with Crippen LogP contribution in [0.4, 0.5) is 4.39 Å². The number of nitrogens with zero attached hydrogens (tertiary/aromatic N) is 1. The average Bonchev–Trinajstić information content (AvgIpc) is 2.55. The second-order valence-corrected chi connectivity index (χ2v) is 4.32. The van der Waals surface area contributed by atoms with Gasteiger partial charge in [-0.15, -0.1) is 0 Å². The van der Waals surface area contributed by atoms with E-state index in [1.807, 2.05) is 24.7 Å². The molecule has 2 rings (SSSR count). The number of halogens is 1. The third-order valence-electron chi connectivity index (χ3n) is 3.05. The predicted octanol–water partition coefficient (Wildman–Crippen LogP) is 2.47. The Morgan fingerprint density at radius 2 is 2.19 bits per heavy atom. The van der Waals surface area contributed by atoms with Crippen molar-refractivity contribution in [1.29, 1.82) is 0 Å². The van der Waals surface area contributed by atoms with Crippen molar-refractivity contribution < 1.29 is 4.39 Å². The summed E-state index contributed by atoms with van der Waals surface area (Å²) < 4.78 is 15.1. The Morgan fingerprint density at radius 1 is 1.44 bits per heavy atom. The molecule has 0 aliphatic rings. The Kier molecular flexibility index (Phi) is 2.97. The molecule has 3 heteroatoms. The first-order valence-corrected chi connectivity index (χ1v) is 5.52. The number of likely N-dealkylation sites (N-methyl/N-ethyl adjacent to an activating group) is 1. The molecule has 2 aromatic rings. The van der Waals surface area contributed by atoms with Crippen molar-refractivity contribution in [2.45, 2.75) is 19.4 Å². The van der Waals surface area contributed by atoms with Gasteiger partial charge in [0.1, 0.15) is 5.82 Å². The molecule has 0 fully saturated rings. The maximum Gasteiger partial charge on any atom is 0.125 e. The number of hydrogen-bond acceptors (Lipinski definition) is 1. The number of benzene rings is 1. The number of aromatic nitrogens is 1. The highest BCUT2D eigenvalue weighted by molar-refractivity contribution is 5.84. The van der Waals surface area contributed by atoms with E-state index in [4.69, 9.17) is 0 Å². The van der Waals surface area contributed by atoms with Gasteiger partial charge in [-0.05, 0) is 44.2 Å². The van der Waals surface area contributed by atoms with Crippen molar-refractivity contribution in [3.8, 4) is 0 Å². The number of rotatable bonds is 3. The van der Waals surface area contributed by atoms with Crippen LogP contribution in [0.15, 0.2) is 24.4 Å². The molecule has 0 radical (unpaired) electrons. The van der Waals surface area contributed by atoms with E-state index in [1.54, 1.807) is 6.07 Å². The van der Waals surface area contributed by atoms with Crippen LogP contribution in [0.3, 0.4) is 0 Å². The van der Waals surface area contributed by atoms with Gasteiger partial charge < -0.3 is 9.88 Å². The zero-order valence-electron chi connectivity index (χ0n) is 9.92. The van der Waals surface area contributed by atoms with E-state index in [-0.39, 0.29) is 5.82 Å². The summed E-state index contributed by atoms with van der Waals surface area (Å²) in [6.07, 6.45) is 3.04. The maximum absolute atomic E-state index is 13.1. The fourth-order valence-corrected chi connectivity index (χ4v) is 2.04. The predicted molar refractivity (Wildman–Crippen MR) is 65.1 cm³/mol. The highest BCUT2D eigenvalue weighted by atomic mass is 19.1. The van der Waals surface area contributed by atoms with E-state index >= 15 is 0 Å². The SMILES string of the molecule is CNC(C)Cc1cn(C)c2cc(F)ccc12. The standard InChI is InChI=1S/C13H17FN2/c1-9(15-2)6-10-8-16(3)13-7-11(14)4-5-12(10)13/h4-5,7-9,15H,6H2,1-3H3. The van der Waals surface area contributed by atoms with Crippen LogP contribution in [0.5, 0.6) is 0 Å². The van der Waals surface area contributed by atoms with Crippen molar-refractivity contribution >= 4 is 10.9 Å². The fraction of sp³-hybridized carbons (Fsp3) is 0.385. The van der Waals surface area contributed by atoms with E-state index in [2.05, 4.69) is 18.4 Å². The summed E-state index contributed by atoms with van der Waals surface area (Å²) >= 11 is 0. The Hall–Kier alpha value is -1.35. The lowest BCUT2D eigenvalue weighted by atomic mass is 10.1. The quantitative estimate of drug-likeness (QED) is 0.840. The summed E-state index contributed by atoms with van der Waals surface area (Å²) in [5.41, 5.74) is 2.22. The van der Waals surface area contributed by atoms with E-state index in [9.17, 15) is 4.39 Å². The van der Waals surface area contributed by atoms with Gasteiger partial charge in [-0.25, -0.2) is 4.39 Å². The van der Waals surface area contributed by atoms with Crippen LogP contribution in [0.25, 0.3) is 10.9 Å². The highest BCUT2D eigenvalue weighted by Crippen LogP contribution is 2.22. The minimum Gasteiger partial charge on any atom is -0.350 e. The first kappa shape index (κ1) is 11.1. The zero-order valence-corrected chi connectivity index (χ0v) is 9.92. The maximum atomic E-state index is 13.1. The van der Waals surface area contributed by atoms with Crippen LogP contribution in [-0.2, 0) is 13.5 Å². The highest BCUT2D eigenvalue weighted by Gasteiger charge is 2.09. The van der Waals surface area contributed by atoms with Crippen molar-refractivity contribution in [2.75, 3.05) is 7.05 Å². The fourth-order valence-electron chi connectivity index (χ4n) is 2.04. The van der Waals surface area contributed by atoms with Gasteiger partial charge in [-0.2, -0.15) is 0 Å². The molecule has 1 N–H and O–H groups in total. The third kappa shape index (κ3) is 1.95. The molecule has 2 nitrogen and oxygen atoms in total. The molecule has 1 heterocycles. The van der Waals surface area contributed by atoms with Crippen molar-refractivity contribution in [2.24, 2.45) is 7.05 Å². The van der Waals surface area contributed by atoms with E-state index in [0.29, 0.717) is 6.04 Å². The zero-order chi connectivity index (χ0) is 11.7. The molecule has 0 aliphatic heterocycles. The van der Waals surface area contributed by atoms with E-state index in [0.717, 1.165) is 17.3 Å². The van der Waals surface area contributed by atoms with Crippen molar-refractivity contribution in [3.05, 3.63) is 35.8 Å². The number of aryl methyl sites for hydroxylation is 1. The number of fused-ring (bicyclic) bond motifs is 1. The second kappa shape index (κ2) is 4.26. The first-order valence-electron chi connectivity index (χ1n) is 5.52. The van der Waals surface area contributed by atoms with Crippen LogP contribution < -0.4 is 5.32 Å². The molecule has 0 spiro atoms. The van der Waals surface area contributed by atoms with Crippen LogP contribution in [-0.4, -0.2) is 17.7 Å². The molecule has 16 heavy (non-hydrogen) atoms. The minimum atomic E-state index is -0.179. The molecule has 0 aliphatic carbocycles. The Bertz CT molecular complexity index is 502. The first-order chi connectivity index (χ1) is 7.61. The van der Waals surface area contributed by atoms with E-state index < -0.39 is 0 Å². The molecule has 1 unspecified atom stereocenters. The van der Waals surface area contributed by atoms with E-state index in [1.165, 1.54) is 11.6 Å². The minimum absolute atomic E-state index is 0.179. The summed E-state index contributed by atoms with van der Waals surface area (Å²) in [5.74, 6) is -0.179. The topological polar surface area (TPSA) is 17.0 Å². The molecule has 1 aromatic carbocycles. The molecule has 0 saturated carbocycles. The molecule has 0 amide bonds. The normalized spacial score (nSPS) is 13.2. The average molecular weight is 220 g/mol. The van der Waals surface area contributed by atoms with Gasteiger partial charge in [0.15, 0.2) is 0 Å². The molecule has 1 aromatic heterocycles. The molecular weight excluding hydrogens is 203 g/mol. The summed E-state index contributed by atoms with van der Waals surface area (Å²) in [5, 5.41) is 4.36. The van der Waals surface area contributed by atoms with Gasteiger partial charge in [0.2, 0.25) is 0 Å². The van der Waals surface area contributed by atoms with Crippen molar-refractivity contribution in [1.82, 2.24) is 9.88 Å². The Morgan fingerprint density at radius 3 is 2.88 bits per heavy atom.